The zero-order valence-electron chi connectivity index (χ0n) is 9.90. The molecule has 0 fully saturated rings. The number of hydrogen-bond acceptors (Lipinski definition) is 1. The van der Waals surface area contributed by atoms with Gasteiger partial charge in [0.2, 0.25) is 0 Å². The van der Waals surface area contributed by atoms with Gasteiger partial charge in [0.1, 0.15) is 0 Å². The van der Waals surface area contributed by atoms with Gasteiger partial charge in [-0.3, -0.25) is 0 Å². The Morgan fingerprint density at radius 1 is 1.12 bits per heavy atom. The number of benzene rings is 1. The second kappa shape index (κ2) is 4.99. The van der Waals surface area contributed by atoms with E-state index in [1.807, 2.05) is 7.05 Å². The minimum Gasteiger partial charge on any atom is -0.357 e. The third-order valence-corrected chi connectivity index (χ3v) is 2.80. The van der Waals surface area contributed by atoms with E-state index in [0.29, 0.717) is 0 Å². The Balaban J connectivity index is 1.87. The topological polar surface area (TPSA) is 17.0 Å². The Morgan fingerprint density at radius 2 is 1.94 bits per heavy atom. The minimum absolute atomic E-state index is 0.926. The number of nitrogens with zero attached hydrogens (tertiary/aromatic N) is 1. The van der Waals surface area contributed by atoms with Crippen LogP contribution in [0, 0.1) is 6.92 Å². The maximum Gasteiger partial charge on any atom is 0.0223 e. The molecule has 0 saturated carbocycles. The Kier molecular flexibility index (Phi) is 3.42. The van der Waals surface area contributed by atoms with Crippen LogP contribution in [0.5, 0.6) is 0 Å². The van der Waals surface area contributed by atoms with Crippen molar-refractivity contribution in [3.8, 4) is 0 Å². The van der Waals surface area contributed by atoms with Crippen LogP contribution < -0.4 is 5.32 Å². The molecule has 2 aromatic rings. The Bertz CT molecular complexity index is 457. The van der Waals surface area contributed by atoms with Crippen molar-refractivity contribution >= 4 is 0 Å². The largest absolute Gasteiger partial charge is 0.357 e. The van der Waals surface area contributed by atoms with E-state index >= 15 is 0 Å². The molecule has 0 atom stereocenters. The van der Waals surface area contributed by atoms with Gasteiger partial charge in [0, 0.05) is 32.5 Å². The predicted octanol–water partition coefficient (Wildman–Crippen LogP) is 2.62. The van der Waals surface area contributed by atoms with Crippen LogP contribution in [0.4, 0.5) is 0 Å². The summed E-state index contributed by atoms with van der Waals surface area (Å²) in [4.78, 5) is 0. The number of rotatable bonds is 4. The first-order valence-corrected chi connectivity index (χ1v) is 5.62. The molecule has 0 spiro atoms. The molecule has 2 heteroatoms. The molecule has 1 heterocycles. The molecule has 2 rings (SSSR count). The van der Waals surface area contributed by atoms with Crippen LogP contribution >= 0.6 is 0 Å². The van der Waals surface area contributed by atoms with E-state index < -0.39 is 0 Å². The van der Waals surface area contributed by atoms with Crippen LogP contribution in [-0.2, 0) is 20.1 Å². The van der Waals surface area contributed by atoms with E-state index in [9.17, 15) is 0 Å². The summed E-state index contributed by atoms with van der Waals surface area (Å²) in [5.41, 5.74) is 4.05. The molecule has 0 aliphatic carbocycles. The van der Waals surface area contributed by atoms with E-state index in [-0.39, 0.29) is 0 Å². The lowest BCUT2D eigenvalue weighted by Gasteiger charge is -2.06. The Labute approximate surface area is 96.9 Å². The van der Waals surface area contributed by atoms with Crippen LogP contribution in [0.2, 0.25) is 0 Å². The van der Waals surface area contributed by atoms with Crippen molar-refractivity contribution < 1.29 is 0 Å². The number of aromatic nitrogens is 1. The molecule has 0 bridgehead atoms. The van der Waals surface area contributed by atoms with Crippen LogP contribution in [0.15, 0.2) is 42.7 Å². The summed E-state index contributed by atoms with van der Waals surface area (Å²) >= 11 is 0. The zero-order chi connectivity index (χ0) is 11.4. The second-order valence-corrected chi connectivity index (χ2v) is 4.22. The van der Waals surface area contributed by atoms with Gasteiger partial charge < -0.3 is 9.88 Å². The molecular weight excluding hydrogens is 196 g/mol. The Morgan fingerprint density at radius 3 is 2.62 bits per heavy atom. The molecule has 2 nitrogen and oxygen atoms in total. The van der Waals surface area contributed by atoms with E-state index in [1.165, 1.54) is 16.7 Å². The zero-order valence-corrected chi connectivity index (χ0v) is 9.90. The van der Waals surface area contributed by atoms with Gasteiger partial charge in [-0.15, -0.1) is 0 Å². The molecule has 1 N–H and O–H groups in total. The lowest BCUT2D eigenvalue weighted by molar-refractivity contribution is 0.689. The fraction of sp³-hybridized carbons (Fsp3) is 0.286. The summed E-state index contributed by atoms with van der Waals surface area (Å²) in [7, 11) is 2.05. The van der Waals surface area contributed by atoms with Crippen molar-refractivity contribution in [3.05, 3.63) is 59.4 Å². The van der Waals surface area contributed by atoms with Gasteiger partial charge in [0.05, 0.1) is 0 Å². The molecular formula is C14H18N2. The van der Waals surface area contributed by atoms with Gasteiger partial charge in [-0.2, -0.15) is 0 Å². The fourth-order valence-electron chi connectivity index (χ4n) is 1.82. The first kappa shape index (κ1) is 11.0. The van der Waals surface area contributed by atoms with Crippen molar-refractivity contribution in [2.45, 2.75) is 20.0 Å². The molecule has 16 heavy (non-hydrogen) atoms. The molecule has 0 saturated heterocycles. The van der Waals surface area contributed by atoms with Gasteiger partial charge >= 0.3 is 0 Å². The fourth-order valence-corrected chi connectivity index (χ4v) is 1.82. The van der Waals surface area contributed by atoms with E-state index in [4.69, 9.17) is 0 Å². The third kappa shape index (κ3) is 2.74. The highest BCUT2D eigenvalue weighted by Gasteiger charge is 1.97. The highest BCUT2D eigenvalue weighted by Crippen LogP contribution is 2.07. The average molecular weight is 214 g/mol. The SMILES string of the molecule is Cc1ccccc1CNCc1ccn(C)c1. The van der Waals surface area contributed by atoms with E-state index in [0.717, 1.165) is 13.1 Å². The third-order valence-electron chi connectivity index (χ3n) is 2.80. The minimum atomic E-state index is 0.926. The van der Waals surface area contributed by atoms with Crippen LogP contribution in [0.25, 0.3) is 0 Å². The highest BCUT2D eigenvalue weighted by molar-refractivity contribution is 5.25. The Hall–Kier alpha value is -1.54. The van der Waals surface area contributed by atoms with E-state index in [1.54, 1.807) is 0 Å². The molecule has 1 aromatic carbocycles. The van der Waals surface area contributed by atoms with Crippen molar-refractivity contribution in [2.24, 2.45) is 7.05 Å². The standard InChI is InChI=1S/C14H18N2/c1-12-5-3-4-6-14(12)10-15-9-13-7-8-16(2)11-13/h3-8,11,15H,9-10H2,1-2H3. The molecule has 0 unspecified atom stereocenters. The maximum absolute atomic E-state index is 3.46. The van der Waals surface area contributed by atoms with Gasteiger partial charge in [-0.1, -0.05) is 24.3 Å². The van der Waals surface area contributed by atoms with E-state index in [2.05, 4.69) is 59.5 Å². The van der Waals surface area contributed by atoms with Gasteiger partial charge in [0.25, 0.3) is 0 Å². The van der Waals surface area contributed by atoms with Gasteiger partial charge in [-0.25, -0.2) is 0 Å². The first-order valence-electron chi connectivity index (χ1n) is 5.62. The average Bonchev–Trinajstić information content (AvgIpc) is 2.67. The predicted molar refractivity (Wildman–Crippen MR) is 67.1 cm³/mol. The molecule has 1 aromatic heterocycles. The van der Waals surface area contributed by atoms with Crippen molar-refractivity contribution in [1.29, 1.82) is 0 Å². The van der Waals surface area contributed by atoms with Crippen molar-refractivity contribution in [3.63, 3.8) is 0 Å². The lowest BCUT2D eigenvalue weighted by atomic mass is 10.1. The quantitative estimate of drug-likeness (QED) is 0.828. The maximum atomic E-state index is 3.46. The number of nitrogens with one attached hydrogen (secondary N) is 1. The lowest BCUT2D eigenvalue weighted by Crippen LogP contribution is -2.12. The summed E-state index contributed by atoms with van der Waals surface area (Å²) in [5.74, 6) is 0. The summed E-state index contributed by atoms with van der Waals surface area (Å²) in [6.07, 6.45) is 4.22. The number of hydrogen-bond donors (Lipinski definition) is 1. The molecule has 84 valence electrons. The normalized spacial score (nSPS) is 10.6. The molecule has 0 aliphatic heterocycles. The summed E-state index contributed by atoms with van der Waals surface area (Å²) < 4.78 is 2.07. The monoisotopic (exact) mass is 214 g/mol. The highest BCUT2D eigenvalue weighted by atomic mass is 14.9. The number of aryl methyl sites for hydroxylation is 2. The van der Waals surface area contributed by atoms with Gasteiger partial charge in [0.15, 0.2) is 0 Å². The van der Waals surface area contributed by atoms with Crippen LogP contribution in [0.3, 0.4) is 0 Å². The second-order valence-electron chi connectivity index (χ2n) is 4.22. The molecule has 0 aliphatic rings. The van der Waals surface area contributed by atoms with Crippen LogP contribution in [0.1, 0.15) is 16.7 Å². The molecule has 0 amide bonds. The van der Waals surface area contributed by atoms with Crippen LogP contribution in [-0.4, -0.2) is 4.57 Å². The summed E-state index contributed by atoms with van der Waals surface area (Å²) in [6.45, 7) is 4.01. The van der Waals surface area contributed by atoms with Gasteiger partial charge in [-0.05, 0) is 29.7 Å². The van der Waals surface area contributed by atoms with Crippen molar-refractivity contribution in [1.82, 2.24) is 9.88 Å². The van der Waals surface area contributed by atoms with Crippen molar-refractivity contribution in [2.75, 3.05) is 0 Å². The smallest absolute Gasteiger partial charge is 0.0223 e. The summed E-state index contributed by atoms with van der Waals surface area (Å²) in [6, 6.07) is 10.6. The first-order chi connectivity index (χ1) is 7.75. The molecule has 0 radical (unpaired) electrons. The summed E-state index contributed by atoms with van der Waals surface area (Å²) in [5, 5.41) is 3.46.